The van der Waals surface area contributed by atoms with E-state index in [-0.39, 0.29) is 5.75 Å². The zero-order chi connectivity index (χ0) is 17.1. The van der Waals surface area contributed by atoms with E-state index in [0.717, 1.165) is 25.0 Å². The molecule has 1 aromatic heterocycles. The van der Waals surface area contributed by atoms with Gasteiger partial charge in [0.15, 0.2) is 11.6 Å². The number of rotatable bonds is 7. The van der Waals surface area contributed by atoms with Gasteiger partial charge in [0.2, 0.25) is 5.95 Å². The third-order valence-corrected chi connectivity index (χ3v) is 4.15. The van der Waals surface area contributed by atoms with E-state index in [4.69, 9.17) is 4.74 Å². The van der Waals surface area contributed by atoms with Crippen molar-refractivity contribution in [3.8, 4) is 5.75 Å². The molecule has 3 rings (SSSR count). The second-order valence-electron chi connectivity index (χ2n) is 6.20. The SMILES string of the molecule is CC[C@@H](C)Nc1nc(Nc2ccc(OC)c(F)c2)cc(C2CC2)n1. The zero-order valence-corrected chi connectivity index (χ0v) is 14.3. The maximum Gasteiger partial charge on any atom is 0.225 e. The Bertz CT molecular complexity index is 718. The van der Waals surface area contributed by atoms with Gasteiger partial charge in [-0.05, 0) is 38.3 Å². The highest BCUT2D eigenvalue weighted by Crippen LogP contribution is 2.40. The van der Waals surface area contributed by atoms with E-state index in [0.29, 0.717) is 29.4 Å². The van der Waals surface area contributed by atoms with Crippen LogP contribution >= 0.6 is 0 Å². The van der Waals surface area contributed by atoms with Crippen molar-refractivity contribution >= 4 is 17.5 Å². The average molecular weight is 330 g/mol. The molecule has 0 unspecified atom stereocenters. The number of anilines is 3. The molecule has 1 aromatic carbocycles. The summed E-state index contributed by atoms with van der Waals surface area (Å²) < 4.78 is 18.8. The Labute approximate surface area is 141 Å². The number of nitrogens with one attached hydrogen (secondary N) is 2. The Morgan fingerprint density at radius 2 is 2.08 bits per heavy atom. The highest BCUT2D eigenvalue weighted by Gasteiger charge is 2.26. The topological polar surface area (TPSA) is 59.1 Å². The molecule has 0 radical (unpaired) electrons. The molecule has 2 N–H and O–H groups in total. The number of benzene rings is 1. The second-order valence-corrected chi connectivity index (χ2v) is 6.20. The summed E-state index contributed by atoms with van der Waals surface area (Å²) in [6, 6.07) is 7.01. The van der Waals surface area contributed by atoms with Crippen LogP contribution in [-0.2, 0) is 0 Å². The fraction of sp³-hybridized carbons (Fsp3) is 0.444. The molecule has 2 aromatic rings. The maximum atomic E-state index is 13.9. The summed E-state index contributed by atoms with van der Waals surface area (Å²) in [7, 11) is 1.45. The molecule has 0 saturated heterocycles. The van der Waals surface area contributed by atoms with E-state index < -0.39 is 5.82 Å². The van der Waals surface area contributed by atoms with Crippen LogP contribution in [-0.4, -0.2) is 23.1 Å². The van der Waals surface area contributed by atoms with Gasteiger partial charge in [-0.25, -0.2) is 9.37 Å². The molecule has 1 heterocycles. The summed E-state index contributed by atoms with van der Waals surface area (Å²) in [6.07, 6.45) is 3.32. The molecule has 24 heavy (non-hydrogen) atoms. The van der Waals surface area contributed by atoms with Crippen molar-refractivity contribution in [3.05, 3.63) is 35.8 Å². The quantitative estimate of drug-likeness (QED) is 0.785. The minimum absolute atomic E-state index is 0.223. The van der Waals surface area contributed by atoms with Gasteiger partial charge >= 0.3 is 0 Å². The normalized spacial score (nSPS) is 15.0. The van der Waals surface area contributed by atoms with Crippen molar-refractivity contribution in [2.24, 2.45) is 0 Å². The lowest BCUT2D eigenvalue weighted by Crippen LogP contribution is -2.16. The molecule has 1 aliphatic rings. The molecule has 1 saturated carbocycles. The number of hydrogen-bond donors (Lipinski definition) is 2. The molecule has 1 aliphatic carbocycles. The van der Waals surface area contributed by atoms with Crippen molar-refractivity contribution in [1.29, 1.82) is 0 Å². The highest BCUT2D eigenvalue weighted by atomic mass is 19.1. The molecule has 5 nitrogen and oxygen atoms in total. The smallest absolute Gasteiger partial charge is 0.225 e. The Balaban J connectivity index is 1.84. The van der Waals surface area contributed by atoms with Crippen molar-refractivity contribution in [2.45, 2.75) is 45.1 Å². The second kappa shape index (κ2) is 7.03. The van der Waals surface area contributed by atoms with Crippen LogP contribution in [0.15, 0.2) is 24.3 Å². The van der Waals surface area contributed by atoms with Crippen LogP contribution in [0, 0.1) is 5.82 Å². The number of nitrogens with zero attached hydrogens (tertiary/aromatic N) is 2. The highest BCUT2D eigenvalue weighted by molar-refractivity contribution is 5.59. The number of ether oxygens (including phenoxy) is 1. The lowest BCUT2D eigenvalue weighted by Gasteiger charge is -2.14. The van der Waals surface area contributed by atoms with Crippen LogP contribution in [0.25, 0.3) is 0 Å². The third-order valence-electron chi connectivity index (χ3n) is 4.15. The van der Waals surface area contributed by atoms with E-state index in [1.165, 1.54) is 13.2 Å². The van der Waals surface area contributed by atoms with Crippen LogP contribution in [0.1, 0.15) is 44.7 Å². The van der Waals surface area contributed by atoms with Crippen molar-refractivity contribution in [2.75, 3.05) is 17.7 Å². The minimum Gasteiger partial charge on any atom is -0.494 e. The van der Waals surface area contributed by atoms with Gasteiger partial charge in [0.1, 0.15) is 5.82 Å². The molecule has 1 fully saturated rings. The summed E-state index contributed by atoms with van der Waals surface area (Å²) in [6.45, 7) is 4.21. The van der Waals surface area contributed by atoms with Crippen LogP contribution in [0.5, 0.6) is 5.75 Å². The summed E-state index contributed by atoms with van der Waals surface area (Å²) in [5, 5.41) is 6.48. The van der Waals surface area contributed by atoms with Gasteiger partial charge in [-0.15, -0.1) is 0 Å². The zero-order valence-electron chi connectivity index (χ0n) is 14.3. The van der Waals surface area contributed by atoms with E-state index in [1.54, 1.807) is 12.1 Å². The first-order chi connectivity index (χ1) is 11.6. The van der Waals surface area contributed by atoms with Gasteiger partial charge in [0.25, 0.3) is 0 Å². The lowest BCUT2D eigenvalue weighted by atomic mass is 10.2. The van der Waals surface area contributed by atoms with E-state index in [1.807, 2.05) is 6.07 Å². The van der Waals surface area contributed by atoms with Gasteiger partial charge < -0.3 is 15.4 Å². The summed E-state index contributed by atoms with van der Waals surface area (Å²) in [4.78, 5) is 9.13. The minimum atomic E-state index is -0.406. The molecule has 6 heteroatoms. The molecule has 128 valence electrons. The summed E-state index contributed by atoms with van der Waals surface area (Å²) >= 11 is 0. The first-order valence-electron chi connectivity index (χ1n) is 8.35. The van der Waals surface area contributed by atoms with Crippen molar-refractivity contribution in [1.82, 2.24) is 9.97 Å². The number of hydrogen-bond acceptors (Lipinski definition) is 5. The standard InChI is InChI=1S/C18H23FN4O/c1-4-11(2)20-18-22-15(12-5-6-12)10-17(23-18)21-13-7-8-16(24-3)14(19)9-13/h7-12H,4-6H2,1-3H3,(H2,20,21,22,23)/t11-/m1/s1. The Hall–Kier alpha value is -2.37. The molecular formula is C18H23FN4O. The van der Waals surface area contributed by atoms with Crippen molar-refractivity contribution < 1.29 is 9.13 Å². The molecule has 1 atom stereocenters. The summed E-state index contributed by atoms with van der Waals surface area (Å²) in [5.74, 6) is 1.61. The van der Waals surface area contributed by atoms with Crippen LogP contribution in [0.3, 0.4) is 0 Å². The van der Waals surface area contributed by atoms with Gasteiger partial charge in [-0.1, -0.05) is 6.92 Å². The molecular weight excluding hydrogens is 307 g/mol. The monoisotopic (exact) mass is 330 g/mol. The van der Waals surface area contributed by atoms with Gasteiger partial charge in [0, 0.05) is 29.8 Å². The van der Waals surface area contributed by atoms with Crippen molar-refractivity contribution in [3.63, 3.8) is 0 Å². The fourth-order valence-corrected chi connectivity index (χ4v) is 2.40. The molecule has 0 amide bonds. The third kappa shape index (κ3) is 3.93. The number of aromatic nitrogens is 2. The van der Waals surface area contributed by atoms with Gasteiger partial charge in [-0.3, -0.25) is 0 Å². The van der Waals surface area contributed by atoms with E-state index >= 15 is 0 Å². The van der Waals surface area contributed by atoms with Gasteiger partial charge in [0.05, 0.1) is 12.8 Å². The number of halogens is 1. The van der Waals surface area contributed by atoms with E-state index in [9.17, 15) is 4.39 Å². The predicted molar refractivity (Wildman–Crippen MR) is 93.6 cm³/mol. The van der Waals surface area contributed by atoms with Crippen LogP contribution in [0.2, 0.25) is 0 Å². The largest absolute Gasteiger partial charge is 0.494 e. The Morgan fingerprint density at radius 3 is 2.71 bits per heavy atom. The predicted octanol–water partition coefficient (Wildman–Crippen LogP) is 4.46. The number of methoxy groups -OCH3 is 1. The first kappa shape index (κ1) is 16.5. The average Bonchev–Trinajstić information content (AvgIpc) is 3.39. The molecule has 0 spiro atoms. The molecule has 0 aliphatic heterocycles. The lowest BCUT2D eigenvalue weighted by molar-refractivity contribution is 0.386. The first-order valence-corrected chi connectivity index (χ1v) is 8.35. The molecule has 0 bridgehead atoms. The van der Waals surface area contributed by atoms with E-state index in [2.05, 4.69) is 34.4 Å². The maximum absolute atomic E-state index is 13.9. The van der Waals surface area contributed by atoms with Crippen LogP contribution in [0.4, 0.5) is 21.8 Å². The Morgan fingerprint density at radius 1 is 1.29 bits per heavy atom. The Kier molecular flexibility index (Phi) is 4.83. The van der Waals surface area contributed by atoms with Gasteiger partial charge in [-0.2, -0.15) is 4.98 Å². The van der Waals surface area contributed by atoms with Crippen LogP contribution < -0.4 is 15.4 Å². The summed E-state index contributed by atoms with van der Waals surface area (Å²) in [5.41, 5.74) is 1.66. The fourth-order valence-electron chi connectivity index (χ4n) is 2.40.